The normalized spacial score (nSPS) is 12.4. The molecule has 0 radical (unpaired) electrons. The Hall–Kier alpha value is -1.48. The number of ether oxygens (including phenoxy) is 1. The van der Waals surface area contributed by atoms with Gasteiger partial charge in [0.25, 0.3) is 0 Å². The van der Waals surface area contributed by atoms with Crippen molar-refractivity contribution in [2.45, 2.75) is 11.8 Å². The maximum absolute atomic E-state index is 6.31. The molecule has 0 aliphatic carbocycles. The number of methoxy groups -OCH3 is 1. The lowest BCUT2D eigenvalue weighted by Gasteiger charge is -2.09. The highest BCUT2D eigenvalue weighted by atomic mass is 35.5. The van der Waals surface area contributed by atoms with Crippen molar-refractivity contribution in [3.05, 3.63) is 48.0 Å². The van der Waals surface area contributed by atoms with Crippen LogP contribution in [0, 0.1) is 0 Å². The molecule has 0 saturated carbocycles. The van der Waals surface area contributed by atoms with Gasteiger partial charge in [-0.15, -0.1) is 11.6 Å². The number of rotatable bonds is 4. The highest BCUT2D eigenvalue weighted by Crippen LogP contribution is 2.26. The Morgan fingerprint density at radius 2 is 2.38 bits per heavy atom. The third-order valence-corrected chi connectivity index (χ3v) is 2.79. The molecule has 1 aromatic carbocycles. The molecule has 0 saturated heterocycles. The Kier molecular flexibility index (Phi) is 3.47. The Balaban J connectivity index is 2.11. The number of imidazole rings is 1. The second-order valence-electron chi connectivity index (χ2n) is 3.48. The van der Waals surface area contributed by atoms with E-state index >= 15 is 0 Å². The predicted octanol–water partition coefficient (Wildman–Crippen LogP) is 2.94. The Morgan fingerprint density at radius 3 is 3.06 bits per heavy atom. The predicted molar refractivity (Wildman–Crippen MR) is 63.9 cm³/mol. The van der Waals surface area contributed by atoms with Crippen LogP contribution in [0.15, 0.2) is 36.7 Å². The summed E-state index contributed by atoms with van der Waals surface area (Å²) in [6.45, 7) is 0. The summed E-state index contributed by atoms with van der Waals surface area (Å²) in [7, 11) is 1.65. The molecule has 2 rings (SSSR count). The SMILES string of the molecule is COc1cccc(C(Cl)Cc2ncc[nH]2)c1. The third kappa shape index (κ3) is 2.55. The summed E-state index contributed by atoms with van der Waals surface area (Å²) in [5.41, 5.74) is 1.04. The van der Waals surface area contributed by atoms with E-state index in [1.165, 1.54) is 0 Å². The summed E-state index contributed by atoms with van der Waals surface area (Å²) < 4.78 is 5.16. The summed E-state index contributed by atoms with van der Waals surface area (Å²) in [4.78, 5) is 7.19. The fourth-order valence-electron chi connectivity index (χ4n) is 1.53. The minimum Gasteiger partial charge on any atom is -0.497 e. The summed E-state index contributed by atoms with van der Waals surface area (Å²) in [5, 5.41) is -0.0961. The van der Waals surface area contributed by atoms with Crippen molar-refractivity contribution in [1.29, 1.82) is 0 Å². The lowest BCUT2D eigenvalue weighted by molar-refractivity contribution is 0.414. The van der Waals surface area contributed by atoms with Gasteiger partial charge in [-0.3, -0.25) is 0 Å². The van der Waals surface area contributed by atoms with Gasteiger partial charge < -0.3 is 9.72 Å². The van der Waals surface area contributed by atoms with E-state index < -0.39 is 0 Å². The average Bonchev–Trinajstić information content (AvgIpc) is 2.82. The zero-order valence-electron chi connectivity index (χ0n) is 8.98. The van der Waals surface area contributed by atoms with Crippen LogP contribution >= 0.6 is 11.6 Å². The van der Waals surface area contributed by atoms with Crippen LogP contribution in [-0.2, 0) is 6.42 Å². The highest BCUT2D eigenvalue weighted by Gasteiger charge is 2.10. The molecule has 0 fully saturated rings. The Bertz CT molecular complexity index is 442. The molecule has 1 aromatic heterocycles. The molecule has 1 atom stereocenters. The van der Waals surface area contributed by atoms with Crippen LogP contribution in [0.25, 0.3) is 0 Å². The van der Waals surface area contributed by atoms with Gasteiger partial charge in [-0.25, -0.2) is 4.98 Å². The quantitative estimate of drug-likeness (QED) is 0.829. The zero-order chi connectivity index (χ0) is 11.4. The second kappa shape index (κ2) is 5.03. The molecule has 84 valence electrons. The minimum absolute atomic E-state index is 0.0961. The van der Waals surface area contributed by atoms with Crippen LogP contribution in [0.2, 0.25) is 0 Å². The third-order valence-electron chi connectivity index (χ3n) is 2.38. The summed E-state index contributed by atoms with van der Waals surface area (Å²) >= 11 is 6.31. The second-order valence-corrected chi connectivity index (χ2v) is 4.01. The first-order valence-electron chi connectivity index (χ1n) is 5.06. The standard InChI is InChI=1S/C12H13ClN2O/c1-16-10-4-2-3-9(7-10)11(13)8-12-14-5-6-15-12/h2-7,11H,8H2,1H3,(H,14,15). The van der Waals surface area contributed by atoms with Crippen molar-refractivity contribution in [2.75, 3.05) is 7.11 Å². The van der Waals surface area contributed by atoms with Crippen LogP contribution in [0.3, 0.4) is 0 Å². The number of aromatic amines is 1. The lowest BCUT2D eigenvalue weighted by atomic mass is 10.1. The molecular formula is C12H13ClN2O. The molecule has 1 N–H and O–H groups in total. The number of alkyl halides is 1. The molecule has 2 aromatic rings. The monoisotopic (exact) mass is 236 g/mol. The first-order valence-corrected chi connectivity index (χ1v) is 5.49. The zero-order valence-corrected chi connectivity index (χ0v) is 9.74. The van der Waals surface area contributed by atoms with Gasteiger partial charge in [-0.2, -0.15) is 0 Å². The molecule has 4 heteroatoms. The van der Waals surface area contributed by atoms with E-state index in [1.54, 1.807) is 19.5 Å². The topological polar surface area (TPSA) is 37.9 Å². The molecule has 16 heavy (non-hydrogen) atoms. The minimum atomic E-state index is -0.0961. The number of H-pyrrole nitrogens is 1. The van der Waals surface area contributed by atoms with E-state index in [2.05, 4.69) is 9.97 Å². The van der Waals surface area contributed by atoms with Crippen molar-refractivity contribution < 1.29 is 4.74 Å². The Morgan fingerprint density at radius 1 is 1.50 bits per heavy atom. The molecule has 0 amide bonds. The van der Waals surface area contributed by atoms with E-state index in [1.807, 2.05) is 24.3 Å². The summed E-state index contributed by atoms with van der Waals surface area (Å²) in [5.74, 6) is 1.71. The van der Waals surface area contributed by atoms with E-state index in [9.17, 15) is 0 Å². The maximum atomic E-state index is 6.31. The number of nitrogens with one attached hydrogen (secondary N) is 1. The average molecular weight is 237 g/mol. The van der Waals surface area contributed by atoms with Gasteiger partial charge in [0, 0.05) is 18.8 Å². The number of benzene rings is 1. The van der Waals surface area contributed by atoms with Crippen LogP contribution < -0.4 is 4.74 Å². The fraction of sp³-hybridized carbons (Fsp3) is 0.250. The van der Waals surface area contributed by atoms with Gasteiger partial charge in [0.1, 0.15) is 11.6 Å². The van der Waals surface area contributed by atoms with Crippen molar-refractivity contribution in [2.24, 2.45) is 0 Å². The van der Waals surface area contributed by atoms with Crippen LogP contribution in [-0.4, -0.2) is 17.1 Å². The van der Waals surface area contributed by atoms with Gasteiger partial charge in [-0.1, -0.05) is 12.1 Å². The van der Waals surface area contributed by atoms with E-state index in [-0.39, 0.29) is 5.38 Å². The van der Waals surface area contributed by atoms with Crippen LogP contribution in [0.5, 0.6) is 5.75 Å². The number of aromatic nitrogens is 2. The summed E-state index contributed by atoms with van der Waals surface area (Å²) in [6, 6.07) is 7.77. The van der Waals surface area contributed by atoms with Crippen molar-refractivity contribution in [3.8, 4) is 5.75 Å². The molecule has 0 bridgehead atoms. The molecular weight excluding hydrogens is 224 g/mol. The van der Waals surface area contributed by atoms with Gasteiger partial charge in [-0.05, 0) is 17.7 Å². The van der Waals surface area contributed by atoms with Gasteiger partial charge in [0.05, 0.1) is 12.5 Å². The van der Waals surface area contributed by atoms with E-state index in [4.69, 9.17) is 16.3 Å². The maximum Gasteiger partial charge on any atom is 0.119 e. The van der Waals surface area contributed by atoms with E-state index in [0.29, 0.717) is 6.42 Å². The summed E-state index contributed by atoms with van der Waals surface area (Å²) in [6.07, 6.45) is 4.21. The molecule has 0 aliphatic rings. The Labute approximate surface area is 99.4 Å². The molecule has 0 spiro atoms. The van der Waals surface area contributed by atoms with Crippen molar-refractivity contribution >= 4 is 11.6 Å². The first kappa shape index (κ1) is 11.0. The lowest BCUT2D eigenvalue weighted by Crippen LogP contribution is -1.98. The largest absolute Gasteiger partial charge is 0.497 e. The van der Waals surface area contributed by atoms with Crippen LogP contribution in [0.4, 0.5) is 0 Å². The molecule has 0 aliphatic heterocycles. The fourth-order valence-corrected chi connectivity index (χ4v) is 1.82. The molecule has 3 nitrogen and oxygen atoms in total. The number of hydrogen-bond donors (Lipinski definition) is 1. The smallest absolute Gasteiger partial charge is 0.119 e. The highest BCUT2D eigenvalue weighted by molar-refractivity contribution is 6.20. The van der Waals surface area contributed by atoms with Crippen LogP contribution in [0.1, 0.15) is 16.8 Å². The van der Waals surface area contributed by atoms with Crippen molar-refractivity contribution in [3.63, 3.8) is 0 Å². The van der Waals surface area contributed by atoms with Crippen molar-refractivity contribution in [1.82, 2.24) is 9.97 Å². The first-order chi connectivity index (χ1) is 7.79. The molecule has 1 unspecified atom stereocenters. The van der Waals surface area contributed by atoms with Gasteiger partial charge >= 0.3 is 0 Å². The van der Waals surface area contributed by atoms with E-state index in [0.717, 1.165) is 17.1 Å². The number of nitrogens with zero attached hydrogens (tertiary/aromatic N) is 1. The molecule has 1 heterocycles. The van der Waals surface area contributed by atoms with Gasteiger partial charge in [0.15, 0.2) is 0 Å². The number of halogens is 1. The van der Waals surface area contributed by atoms with Gasteiger partial charge in [0.2, 0.25) is 0 Å². The number of hydrogen-bond acceptors (Lipinski definition) is 2.